The highest BCUT2D eigenvalue weighted by Gasteiger charge is 2.36. The maximum atomic E-state index is 14.1. The highest BCUT2D eigenvalue weighted by molar-refractivity contribution is 5.98. The summed E-state index contributed by atoms with van der Waals surface area (Å²) in [6.45, 7) is 7.46. The monoisotopic (exact) mass is 1240 g/mol. The first-order valence-electron chi connectivity index (χ1n) is 29.2. The SMILES string of the molecule is CC[C@H](C)[C@H](NC(=O)CNC(=O)[C@H](CC(C)C)NC(=O)[C@H](C)N)C(=O)N[C@@H](C)C(=O)NCC(=O)N[C@@H](Cc1ccccc1)C(=O)N[C@@H](CCCCN)C(=O)NCC(=O)N[C@@H](CCC(=O)O)C(=O)N[C@@H](CCC(N)=O)C(=O)NCC(=O)N1CCC[C@H]1C(=O)O. The Hall–Kier alpha value is -8.81. The Morgan fingerprint density at radius 3 is 1.60 bits per heavy atom. The number of carbonyl (C=O) groups is 15. The summed E-state index contributed by atoms with van der Waals surface area (Å²) in [6.07, 6.45) is -0.261. The number of rotatable bonds is 40. The van der Waals surface area contributed by atoms with Crippen LogP contribution >= 0.6 is 0 Å². The van der Waals surface area contributed by atoms with Crippen LogP contribution in [0.15, 0.2) is 30.3 Å². The van der Waals surface area contributed by atoms with Gasteiger partial charge >= 0.3 is 11.9 Å². The fourth-order valence-electron chi connectivity index (χ4n) is 8.86. The van der Waals surface area contributed by atoms with Crippen LogP contribution in [-0.2, 0) is 78.3 Å². The molecular weight excluding hydrogens is 1150 g/mol. The van der Waals surface area contributed by atoms with Crippen LogP contribution in [0.3, 0.4) is 0 Å². The van der Waals surface area contributed by atoms with Gasteiger partial charge in [0, 0.05) is 25.8 Å². The van der Waals surface area contributed by atoms with Crippen molar-refractivity contribution in [2.75, 3.05) is 39.3 Å². The van der Waals surface area contributed by atoms with Crippen molar-refractivity contribution in [3.8, 4) is 0 Å². The predicted octanol–water partition coefficient (Wildman–Crippen LogP) is -5.12. The van der Waals surface area contributed by atoms with Crippen LogP contribution in [0.4, 0.5) is 0 Å². The number of aliphatic carboxylic acids is 2. The number of unbranched alkanes of at least 4 members (excludes halogenated alkanes) is 1. The first-order valence-corrected chi connectivity index (χ1v) is 29.2. The summed E-state index contributed by atoms with van der Waals surface area (Å²) in [7, 11) is 0. The number of nitrogens with zero attached hydrogens (tertiary/aromatic N) is 1. The number of benzene rings is 1. The third-order valence-electron chi connectivity index (χ3n) is 14.0. The number of amides is 13. The van der Waals surface area contributed by atoms with Crippen molar-refractivity contribution < 1.29 is 82.1 Å². The van der Waals surface area contributed by atoms with Gasteiger partial charge in [0.15, 0.2) is 0 Å². The van der Waals surface area contributed by atoms with Gasteiger partial charge in [-0.15, -0.1) is 0 Å². The number of hydrogen-bond donors (Lipinski definition) is 16. The van der Waals surface area contributed by atoms with Crippen LogP contribution in [-0.4, -0.2) is 197 Å². The topological polar surface area (TPSA) is 510 Å². The van der Waals surface area contributed by atoms with Crippen LogP contribution in [0.1, 0.15) is 118 Å². The molecule has 19 N–H and O–H groups in total. The Morgan fingerprint density at radius 2 is 1.07 bits per heavy atom. The summed E-state index contributed by atoms with van der Waals surface area (Å²) in [4.78, 5) is 196. The van der Waals surface area contributed by atoms with Crippen LogP contribution in [0.5, 0.6) is 0 Å². The van der Waals surface area contributed by atoms with Crippen molar-refractivity contribution >= 4 is 88.7 Å². The molecule has 1 aromatic carbocycles. The van der Waals surface area contributed by atoms with Crippen molar-refractivity contribution in [1.29, 1.82) is 0 Å². The van der Waals surface area contributed by atoms with Crippen molar-refractivity contribution in [1.82, 2.24) is 63.4 Å². The van der Waals surface area contributed by atoms with Crippen molar-refractivity contribution in [2.24, 2.45) is 29.0 Å². The van der Waals surface area contributed by atoms with E-state index < -0.39 is 201 Å². The minimum absolute atomic E-state index is 0.00789. The molecule has 0 spiro atoms. The zero-order chi connectivity index (χ0) is 66.2. The van der Waals surface area contributed by atoms with Gasteiger partial charge < -0.3 is 90.8 Å². The quantitative estimate of drug-likeness (QED) is 0.0273. The lowest BCUT2D eigenvalue weighted by molar-refractivity contribution is -0.148. The zero-order valence-corrected chi connectivity index (χ0v) is 50.7. The summed E-state index contributed by atoms with van der Waals surface area (Å²) in [5, 5.41) is 45.8. The fraction of sp³-hybridized carbons (Fsp3) is 0.625. The third-order valence-corrected chi connectivity index (χ3v) is 14.0. The average molecular weight is 1240 g/mol. The van der Waals surface area contributed by atoms with E-state index in [0.29, 0.717) is 24.8 Å². The van der Waals surface area contributed by atoms with Gasteiger partial charge in [-0.25, -0.2) is 4.79 Å². The van der Waals surface area contributed by atoms with E-state index in [-0.39, 0.29) is 51.1 Å². The molecule has 10 atom stereocenters. The number of hydrogen-bond acceptors (Lipinski definition) is 17. The van der Waals surface area contributed by atoms with E-state index in [1.807, 2.05) is 13.8 Å². The molecule has 13 amide bonds. The maximum Gasteiger partial charge on any atom is 0.326 e. The van der Waals surface area contributed by atoms with Crippen molar-refractivity contribution in [2.45, 2.75) is 173 Å². The molecule has 0 bridgehead atoms. The van der Waals surface area contributed by atoms with Gasteiger partial charge in [0.25, 0.3) is 0 Å². The van der Waals surface area contributed by atoms with Gasteiger partial charge in [0.05, 0.1) is 32.2 Å². The Balaban J connectivity index is 2.18. The van der Waals surface area contributed by atoms with Gasteiger partial charge in [-0.2, -0.15) is 0 Å². The van der Waals surface area contributed by atoms with Crippen LogP contribution in [0.2, 0.25) is 0 Å². The molecule has 1 saturated heterocycles. The molecule has 1 heterocycles. The minimum Gasteiger partial charge on any atom is -0.481 e. The molecular formula is C56H89N15O17. The van der Waals surface area contributed by atoms with E-state index in [2.05, 4.69) is 58.5 Å². The van der Waals surface area contributed by atoms with Crippen molar-refractivity contribution in [3.05, 3.63) is 35.9 Å². The molecule has 88 heavy (non-hydrogen) atoms. The maximum absolute atomic E-state index is 14.1. The summed E-state index contributed by atoms with van der Waals surface area (Å²) in [5.74, 6) is -14.0. The number of carboxylic acids is 2. The standard InChI is InChI=1S/C56H89N15O17/c1-7-31(4)47(70-44(75)28-62-52(83)38(24-30(2)3)69-48(79)32(5)58)55(86)64-33(6)49(80)60-26-43(74)66-39(25-34-14-9-8-10-15-34)54(85)67-35(16-11-12-22-57)50(81)61-27-42(73)65-37(19-21-46(77)78)53(84)68-36(18-20-41(59)72)51(82)63-29-45(76)71-23-13-17-40(71)56(87)88/h8-10,14-15,30-33,35-40,47H,7,11-13,16-29,57-58H2,1-6H3,(H2,59,72)(H,60,80)(H,61,81)(H,62,83)(H,63,82)(H,64,86)(H,65,73)(H,66,74)(H,67,85)(H,68,84)(H,69,79)(H,70,75)(H,77,78)(H,87,88)/t31-,32-,33-,35-,36-,37-,38-,39-,40-,47-/m0/s1. The Morgan fingerprint density at radius 1 is 0.568 bits per heavy atom. The molecule has 1 aliphatic heterocycles. The molecule has 2 rings (SSSR count). The molecule has 0 unspecified atom stereocenters. The molecule has 1 aliphatic rings. The van der Waals surface area contributed by atoms with Gasteiger partial charge in [0.1, 0.15) is 48.3 Å². The van der Waals surface area contributed by atoms with Crippen molar-refractivity contribution in [3.63, 3.8) is 0 Å². The average Bonchev–Trinajstić information content (AvgIpc) is 3.99. The fourth-order valence-corrected chi connectivity index (χ4v) is 8.86. The lowest BCUT2D eigenvalue weighted by Crippen LogP contribution is -2.58. The van der Waals surface area contributed by atoms with Gasteiger partial charge in [-0.3, -0.25) is 67.1 Å². The molecule has 32 heteroatoms. The number of primary amides is 1. The van der Waals surface area contributed by atoms with E-state index in [9.17, 15) is 82.1 Å². The number of likely N-dealkylation sites (tertiary alicyclic amines) is 1. The molecule has 0 radical (unpaired) electrons. The predicted molar refractivity (Wildman–Crippen MR) is 315 cm³/mol. The molecule has 32 nitrogen and oxygen atoms in total. The van der Waals surface area contributed by atoms with E-state index in [4.69, 9.17) is 17.2 Å². The molecule has 0 aliphatic carbocycles. The van der Waals surface area contributed by atoms with Crippen LogP contribution < -0.4 is 75.7 Å². The lowest BCUT2D eigenvalue weighted by atomic mass is 9.98. The second-order valence-electron chi connectivity index (χ2n) is 21.9. The summed E-state index contributed by atoms with van der Waals surface area (Å²) in [6, 6.07) is -2.98. The molecule has 0 saturated carbocycles. The molecule has 490 valence electrons. The third kappa shape index (κ3) is 28.1. The number of carboxylic acid groups (broad SMARTS) is 2. The van der Waals surface area contributed by atoms with Crippen LogP contribution in [0.25, 0.3) is 0 Å². The summed E-state index contributed by atoms with van der Waals surface area (Å²) < 4.78 is 0. The number of carbonyl (C=O) groups excluding carboxylic acids is 13. The van der Waals surface area contributed by atoms with E-state index >= 15 is 0 Å². The van der Waals surface area contributed by atoms with E-state index in [1.165, 1.54) is 13.8 Å². The minimum atomic E-state index is -1.66. The summed E-state index contributed by atoms with van der Waals surface area (Å²) in [5.41, 5.74) is 17.2. The number of nitrogens with two attached hydrogens (primary N) is 3. The van der Waals surface area contributed by atoms with E-state index in [1.54, 1.807) is 44.2 Å². The van der Waals surface area contributed by atoms with Gasteiger partial charge in [0.2, 0.25) is 76.8 Å². The Labute approximate surface area is 510 Å². The second-order valence-corrected chi connectivity index (χ2v) is 21.9. The first-order chi connectivity index (χ1) is 41.5. The molecule has 1 fully saturated rings. The van der Waals surface area contributed by atoms with E-state index in [0.717, 1.165) is 4.90 Å². The van der Waals surface area contributed by atoms with Crippen LogP contribution in [0, 0.1) is 11.8 Å². The first kappa shape index (κ1) is 75.3. The lowest BCUT2D eigenvalue weighted by Gasteiger charge is -2.26. The molecule has 1 aromatic rings. The largest absolute Gasteiger partial charge is 0.481 e. The summed E-state index contributed by atoms with van der Waals surface area (Å²) >= 11 is 0. The number of nitrogens with one attached hydrogen (secondary N) is 11. The zero-order valence-electron chi connectivity index (χ0n) is 50.7. The Bertz CT molecular complexity index is 2610. The normalized spacial score (nSPS) is 15.7. The van der Waals surface area contributed by atoms with Gasteiger partial charge in [-0.1, -0.05) is 64.4 Å². The van der Waals surface area contributed by atoms with Gasteiger partial charge in [-0.05, 0) is 89.2 Å². The highest BCUT2D eigenvalue weighted by Crippen LogP contribution is 2.17. The smallest absolute Gasteiger partial charge is 0.326 e. The molecule has 0 aromatic heterocycles. The second kappa shape index (κ2) is 39.1. The highest BCUT2D eigenvalue weighted by atomic mass is 16.4. The Kier molecular flexibility index (Phi) is 33.4.